The van der Waals surface area contributed by atoms with Gasteiger partial charge in [0.25, 0.3) is 0 Å². The fourth-order valence-electron chi connectivity index (χ4n) is 2.79. The third kappa shape index (κ3) is 7.38. The van der Waals surface area contributed by atoms with E-state index in [-0.39, 0.29) is 11.9 Å². The number of carbonyl (C=O) groups excluding carboxylic acids is 3. The van der Waals surface area contributed by atoms with Crippen molar-refractivity contribution in [3.63, 3.8) is 0 Å². The van der Waals surface area contributed by atoms with E-state index in [2.05, 4.69) is 10.6 Å². The lowest BCUT2D eigenvalue weighted by molar-refractivity contribution is -0.141. The molecule has 1 aromatic rings. The summed E-state index contributed by atoms with van der Waals surface area (Å²) in [6, 6.07) is 4.99. The maximum absolute atomic E-state index is 13.0. The number of amides is 3. The standard InChI is InChI=1S/C21H33N3O5/c1-13(2)22-18(26)17(15-11-9-8-10-14(15)3)24(7)19(27)16(12-25)23-20(28)29-21(4,5)6/h8-11,13,16-17,25H,12H2,1-7H3,(H,22,26)(H,23,28). The van der Waals surface area contributed by atoms with E-state index in [4.69, 9.17) is 4.74 Å². The number of nitrogens with zero attached hydrogens (tertiary/aromatic N) is 1. The smallest absolute Gasteiger partial charge is 0.408 e. The van der Waals surface area contributed by atoms with Crippen molar-refractivity contribution in [3.8, 4) is 0 Å². The maximum Gasteiger partial charge on any atom is 0.408 e. The van der Waals surface area contributed by atoms with E-state index in [0.717, 1.165) is 5.56 Å². The number of ether oxygens (including phenoxy) is 1. The lowest BCUT2D eigenvalue weighted by Gasteiger charge is -2.32. The van der Waals surface area contributed by atoms with Crippen LogP contribution in [-0.4, -0.2) is 59.3 Å². The first kappa shape index (κ1) is 24.4. The van der Waals surface area contributed by atoms with E-state index in [1.165, 1.54) is 11.9 Å². The number of carbonyl (C=O) groups is 3. The third-order valence-electron chi connectivity index (χ3n) is 4.07. The molecule has 1 aromatic carbocycles. The average Bonchev–Trinajstić information content (AvgIpc) is 2.58. The van der Waals surface area contributed by atoms with Crippen molar-refractivity contribution in [1.82, 2.24) is 15.5 Å². The summed E-state index contributed by atoms with van der Waals surface area (Å²) in [6.07, 6.45) is -0.822. The molecule has 0 aromatic heterocycles. The highest BCUT2D eigenvalue weighted by Gasteiger charge is 2.34. The molecule has 3 N–H and O–H groups in total. The normalized spacial score (nSPS) is 13.4. The maximum atomic E-state index is 13.0. The Bertz CT molecular complexity index is 727. The molecular formula is C21H33N3O5. The van der Waals surface area contributed by atoms with Gasteiger partial charge in [0.2, 0.25) is 11.8 Å². The minimum Gasteiger partial charge on any atom is -0.444 e. The van der Waals surface area contributed by atoms with Gasteiger partial charge in [0.1, 0.15) is 17.7 Å². The van der Waals surface area contributed by atoms with Crippen molar-refractivity contribution < 1.29 is 24.2 Å². The number of hydrogen-bond acceptors (Lipinski definition) is 5. The van der Waals surface area contributed by atoms with E-state index in [1.54, 1.807) is 32.9 Å². The summed E-state index contributed by atoms with van der Waals surface area (Å²) in [7, 11) is 1.47. The second kappa shape index (κ2) is 10.2. The van der Waals surface area contributed by atoms with Crippen LogP contribution in [0.25, 0.3) is 0 Å². The van der Waals surface area contributed by atoms with Crippen LogP contribution in [0.2, 0.25) is 0 Å². The Labute approximate surface area is 172 Å². The van der Waals surface area contributed by atoms with Crippen molar-refractivity contribution >= 4 is 17.9 Å². The predicted molar refractivity (Wildman–Crippen MR) is 110 cm³/mol. The first-order valence-corrected chi connectivity index (χ1v) is 9.60. The first-order valence-electron chi connectivity index (χ1n) is 9.60. The summed E-state index contributed by atoms with van der Waals surface area (Å²) in [5.74, 6) is -0.954. The Kier molecular flexibility index (Phi) is 8.63. The van der Waals surface area contributed by atoms with Crippen LogP contribution in [0, 0.1) is 6.92 Å². The number of nitrogens with one attached hydrogen (secondary N) is 2. The Morgan fingerprint density at radius 2 is 1.72 bits per heavy atom. The summed E-state index contributed by atoms with van der Waals surface area (Å²) in [5.41, 5.74) is 0.757. The van der Waals surface area contributed by atoms with Gasteiger partial charge in [-0.1, -0.05) is 24.3 Å². The molecule has 0 saturated heterocycles. The number of benzene rings is 1. The van der Waals surface area contributed by atoms with Gasteiger partial charge in [-0.3, -0.25) is 9.59 Å². The van der Waals surface area contributed by atoms with Gasteiger partial charge in [-0.25, -0.2) is 4.79 Å². The lowest BCUT2D eigenvalue weighted by Crippen LogP contribution is -2.53. The monoisotopic (exact) mass is 407 g/mol. The molecule has 0 aliphatic rings. The van der Waals surface area contributed by atoms with Crippen molar-refractivity contribution in [3.05, 3.63) is 35.4 Å². The fraction of sp³-hybridized carbons (Fsp3) is 0.571. The molecule has 0 radical (unpaired) electrons. The van der Waals surface area contributed by atoms with Crippen molar-refractivity contribution in [2.75, 3.05) is 13.7 Å². The van der Waals surface area contributed by atoms with Crippen molar-refractivity contribution in [1.29, 1.82) is 0 Å². The lowest BCUT2D eigenvalue weighted by atomic mass is 9.98. The van der Waals surface area contributed by atoms with E-state index in [0.29, 0.717) is 5.56 Å². The quantitative estimate of drug-likeness (QED) is 0.640. The molecule has 0 aliphatic heterocycles. The summed E-state index contributed by atoms with van der Waals surface area (Å²) in [6.45, 7) is 9.96. The largest absolute Gasteiger partial charge is 0.444 e. The van der Waals surface area contributed by atoms with E-state index >= 15 is 0 Å². The number of hydrogen-bond donors (Lipinski definition) is 3. The zero-order chi connectivity index (χ0) is 22.4. The molecule has 3 amide bonds. The van der Waals surface area contributed by atoms with Gasteiger partial charge in [-0.15, -0.1) is 0 Å². The minimum absolute atomic E-state index is 0.119. The molecule has 29 heavy (non-hydrogen) atoms. The van der Waals surface area contributed by atoms with Crippen molar-refractivity contribution in [2.45, 2.75) is 65.3 Å². The number of likely N-dealkylation sites (N-methyl/N-ethyl adjacent to an activating group) is 1. The van der Waals surface area contributed by atoms with Crippen LogP contribution in [0.4, 0.5) is 4.79 Å². The molecule has 1 rings (SSSR count). The van der Waals surface area contributed by atoms with Gasteiger partial charge in [0.05, 0.1) is 6.61 Å². The zero-order valence-electron chi connectivity index (χ0n) is 18.3. The van der Waals surface area contributed by atoms with Gasteiger partial charge < -0.3 is 25.4 Å². The molecule has 0 fully saturated rings. The SMILES string of the molecule is Cc1ccccc1C(C(=O)NC(C)C)N(C)C(=O)C(CO)NC(=O)OC(C)(C)C. The number of aliphatic hydroxyl groups is 1. The molecule has 0 bridgehead atoms. The number of rotatable bonds is 7. The summed E-state index contributed by atoms with van der Waals surface area (Å²) < 4.78 is 5.15. The number of alkyl carbamates (subject to hydrolysis) is 1. The molecule has 8 heteroatoms. The van der Waals surface area contributed by atoms with Crippen LogP contribution in [0.5, 0.6) is 0 Å². The summed E-state index contributed by atoms with van der Waals surface area (Å²) in [4.78, 5) is 39.2. The van der Waals surface area contributed by atoms with E-state index in [9.17, 15) is 19.5 Å². The van der Waals surface area contributed by atoms with Crippen LogP contribution in [0.15, 0.2) is 24.3 Å². The molecule has 0 spiro atoms. The van der Waals surface area contributed by atoms with E-state index < -0.39 is 36.3 Å². The highest BCUT2D eigenvalue weighted by Crippen LogP contribution is 2.24. The van der Waals surface area contributed by atoms with Gasteiger partial charge >= 0.3 is 6.09 Å². The van der Waals surface area contributed by atoms with Gasteiger partial charge in [-0.2, -0.15) is 0 Å². The molecular weight excluding hydrogens is 374 g/mol. The number of aryl methyl sites for hydroxylation is 1. The third-order valence-corrected chi connectivity index (χ3v) is 4.07. The molecule has 0 saturated carbocycles. The fourth-order valence-corrected chi connectivity index (χ4v) is 2.79. The zero-order valence-corrected chi connectivity index (χ0v) is 18.3. The van der Waals surface area contributed by atoms with Crippen molar-refractivity contribution in [2.24, 2.45) is 0 Å². The summed E-state index contributed by atoms with van der Waals surface area (Å²) >= 11 is 0. The van der Waals surface area contributed by atoms with Crippen LogP contribution in [0.3, 0.4) is 0 Å². The van der Waals surface area contributed by atoms with Crippen LogP contribution >= 0.6 is 0 Å². The predicted octanol–water partition coefficient (Wildman–Crippen LogP) is 1.90. The van der Waals surface area contributed by atoms with Gasteiger partial charge in [-0.05, 0) is 52.7 Å². The molecule has 8 nitrogen and oxygen atoms in total. The topological polar surface area (TPSA) is 108 Å². The molecule has 2 atom stereocenters. The molecule has 0 heterocycles. The Hall–Kier alpha value is -2.61. The molecule has 0 aliphatic carbocycles. The molecule has 2 unspecified atom stereocenters. The molecule has 162 valence electrons. The minimum atomic E-state index is -1.24. The van der Waals surface area contributed by atoms with Gasteiger partial charge in [0.15, 0.2) is 0 Å². The van der Waals surface area contributed by atoms with Crippen LogP contribution in [0.1, 0.15) is 51.8 Å². The highest BCUT2D eigenvalue weighted by atomic mass is 16.6. The highest BCUT2D eigenvalue weighted by molar-refractivity contribution is 5.92. The second-order valence-electron chi connectivity index (χ2n) is 8.25. The summed E-state index contributed by atoms with van der Waals surface area (Å²) in [5, 5.41) is 14.9. The van der Waals surface area contributed by atoms with Crippen LogP contribution < -0.4 is 10.6 Å². The average molecular weight is 408 g/mol. The Morgan fingerprint density at radius 3 is 2.21 bits per heavy atom. The second-order valence-corrected chi connectivity index (χ2v) is 8.25. The Balaban J connectivity index is 3.14. The first-order chi connectivity index (χ1) is 13.4. The van der Waals surface area contributed by atoms with Gasteiger partial charge in [0, 0.05) is 13.1 Å². The Morgan fingerprint density at radius 1 is 1.14 bits per heavy atom. The number of aliphatic hydroxyl groups excluding tert-OH is 1. The van der Waals surface area contributed by atoms with Crippen LogP contribution in [-0.2, 0) is 14.3 Å². The van der Waals surface area contributed by atoms with E-state index in [1.807, 2.05) is 32.9 Å².